The van der Waals surface area contributed by atoms with Gasteiger partial charge in [-0.15, -0.1) is 0 Å². The number of benzene rings is 1. The topological polar surface area (TPSA) is 78.3 Å². The van der Waals surface area contributed by atoms with Crippen molar-refractivity contribution in [1.29, 1.82) is 0 Å². The third kappa shape index (κ3) is 2.83. The first-order valence-electron chi connectivity index (χ1n) is 11.8. The Balaban J connectivity index is 1.20. The summed E-state index contributed by atoms with van der Waals surface area (Å²) in [5.41, 5.74) is 2.04. The van der Waals surface area contributed by atoms with Gasteiger partial charge in [-0.2, -0.15) is 4.98 Å². The molecule has 2 aromatic rings. The second-order valence-electron chi connectivity index (χ2n) is 10.4. The molecular weight excluding hydrogens is 444 g/mol. The molecule has 168 valence electrons. The summed E-state index contributed by atoms with van der Waals surface area (Å²) in [7, 11) is -1.04. The standard InChI is InChI=1S/C24H27ClN4O2S/c25-15-4-2-13(3-5-15)14-8-16-10-17(9-14)29(16)23-26-20-18-11-19(18)32(31)21(20)22(27-23)28-24(12-30)6-1-7-24/h2-5,14,16-19,30H,1,6-12H2,(H,26,27,28). The number of piperidine rings is 1. The Bertz CT molecular complexity index is 1100. The largest absolute Gasteiger partial charge is 0.394 e. The van der Waals surface area contributed by atoms with Gasteiger partial charge >= 0.3 is 0 Å². The molecule has 1 aromatic heterocycles. The van der Waals surface area contributed by atoms with E-state index in [0.717, 1.165) is 60.1 Å². The van der Waals surface area contributed by atoms with Gasteiger partial charge in [0.15, 0.2) is 0 Å². The minimum Gasteiger partial charge on any atom is -0.394 e. The highest BCUT2D eigenvalue weighted by Gasteiger charge is 2.55. The summed E-state index contributed by atoms with van der Waals surface area (Å²) in [6.45, 7) is 0.0817. The lowest BCUT2D eigenvalue weighted by molar-refractivity contribution is 0.143. The number of halogens is 1. The molecule has 6 aliphatic rings. The SMILES string of the molecule is O=S1c2c(NC3(CO)CCC3)nc(N3C4CC(c5ccc(Cl)cc5)CC3C4)nc2C2CC21. The van der Waals surface area contributed by atoms with E-state index in [1.807, 2.05) is 12.1 Å². The van der Waals surface area contributed by atoms with Crippen molar-refractivity contribution in [3.63, 3.8) is 0 Å². The zero-order chi connectivity index (χ0) is 21.6. The summed E-state index contributed by atoms with van der Waals surface area (Å²) in [4.78, 5) is 13.2. The van der Waals surface area contributed by atoms with Crippen LogP contribution in [-0.4, -0.2) is 48.8 Å². The van der Waals surface area contributed by atoms with Crippen LogP contribution >= 0.6 is 11.6 Å². The van der Waals surface area contributed by atoms with Crippen LogP contribution in [0.25, 0.3) is 0 Å². The van der Waals surface area contributed by atoms with Crippen molar-refractivity contribution in [3.05, 3.63) is 40.5 Å². The molecule has 0 spiro atoms. The van der Waals surface area contributed by atoms with E-state index in [2.05, 4.69) is 22.3 Å². The maximum Gasteiger partial charge on any atom is 0.228 e. The number of aromatic nitrogens is 2. The summed E-state index contributed by atoms with van der Waals surface area (Å²) in [5, 5.41) is 14.5. The van der Waals surface area contributed by atoms with E-state index >= 15 is 0 Å². The van der Waals surface area contributed by atoms with Crippen LogP contribution in [0.2, 0.25) is 5.02 Å². The minimum atomic E-state index is -1.04. The highest BCUT2D eigenvalue weighted by molar-refractivity contribution is 7.86. The van der Waals surface area contributed by atoms with Gasteiger partial charge < -0.3 is 15.3 Å². The monoisotopic (exact) mass is 470 g/mol. The predicted molar refractivity (Wildman–Crippen MR) is 125 cm³/mol. The lowest BCUT2D eigenvalue weighted by atomic mass is 9.71. The Morgan fingerprint density at radius 2 is 1.88 bits per heavy atom. The summed E-state index contributed by atoms with van der Waals surface area (Å²) in [5.74, 6) is 2.37. The molecule has 5 fully saturated rings. The maximum absolute atomic E-state index is 13.0. The van der Waals surface area contributed by atoms with E-state index in [4.69, 9.17) is 21.6 Å². The summed E-state index contributed by atoms with van der Waals surface area (Å²) in [6, 6.07) is 9.17. The van der Waals surface area contributed by atoms with Crippen molar-refractivity contribution in [1.82, 2.24) is 9.97 Å². The molecule has 2 bridgehead atoms. The van der Waals surface area contributed by atoms with E-state index in [1.54, 1.807) is 0 Å². The number of hydrogen-bond acceptors (Lipinski definition) is 6. The van der Waals surface area contributed by atoms with E-state index in [0.29, 0.717) is 29.7 Å². The molecule has 6 nitrogen and oxygen atoms in total. The molecule has 5 atom stereocenters. The van der Waals surface area contributed by atoms with Crippen LogP contribution in [0.5, 0.6) is 0 Å². The lowest BCUT2D eigenvalue weighted by Gasteiger charge is -2.55. The van der Waals surface area contributed by atoms with E-state index in [1.165, 1.54) is 12.0 Å². The Kier molecular flexibility index (Phi) is 4.26. The van der Waals surface area contributed by atoms with Gasteiger partial charge in [0.2, 0.25) is 5.95 Å². The fourth-order valence-corrected chi connectivity index (χ4v) is 8.27. The first kappa shape index (κ1) is 19.7. The number of aliphatic hydroxyl groups excluding tert-OH is 1. The molecule has 3 aliphatic heterocycles. The average Bonchev–Trinajstić information content (AvgIpc) is 3.52. The number of nitrogens with one attached hydrogen (secondary N) is 1. The van der Waals surface area contributed by atoms with E-state index in [9.17, 15) is 9.32 Å². The zero-order valence-electron chi connectivity index (χ0n) is 17.8. The molecule has 1 aromatic carbocycles. The van der Waals surface area contributed by atoms with Crippen molar-refractivity contribution >= 4 is 34.2 Å². The van der Waals surface area contributed by atoms with Crippen LogP contribution in [0.4, 0.5) is 11.8 Å². The Labute approximate surface area is 195 Å². The molecule has 0 amide bonds. The van der Waals surface area contributed by atoms with Gasteiger partial charge in [-0.3, -0.25) is 4.21 Å². The smallest absolute Gasteiger partial charge is 0.228 e. The van der Waals surface area contributed by atoms with E-state index < -0.39 is 10.8 Å². The number of anilines is 2. The van der Waals surface area contributed by atoms with Crippen LogP contribution in [0.1, 0.15) is 68.0 Å². The third-order valence-electron chi connectivity index (χ3n) is 8.45. The summed E-state index contributed by atoms with van der Waals surface area (Å²) in [6.07, 6.45) is 7.31. The van der Waals surface area contributed by atoms with Gasteiger partial charge in [0, 0.05) is 28.3 Å². The minimum absolute atomic E-state index is 0.0817. The fraction of sp³-hybridized carbons (Fsp3) is 0.583. The molecule has 0 radical (unpaired) electrons. The van der Waals surface area contributed by atoms with Crippen molar-refractivity contribution in [2.75, 3.05) is 16.8 Å². The normalized spacial score (nSPS) is 35.4. The molecule has 2 saturated heterocycles. The first-order valence-corrected chi connectivity index (χ1v) is 13.4. The number of aliphatic hydroxyl groups is 1. The first-order chi connectivity index (χ1) is 15.5. The van der Waals surface area contributed by atoms with Crippen LogP contribution in [0, 0.1) is 0 Å². The third-order valence-corrected chi connectivity index (χ3v) is 10.6. The molecular formula is C24H27ClN4O2S. The summed E-state index contributed by atoms with van der Waals surface area (Å²) >= 11 is 6.08. The van der Waals surface area contributed by atoms with Crippen LogP contribution in [0.3, 0.4) is 0 Å². The second-order valence-corrected chi connectivity index (χ2v) is 12.4. The Hall–Kier alpha value is -1.70. The molecule has 2 N–H and O–H groups in total. The van der Waals surface area contributed by atoms with Crippen molar-refractivity contribution in [2.45, 2.75) is 84.5 Å². The molecule has 5 unspecified atom stereocenters. The Morgan fingerprint density at radius 1 is 1.12 bits per heavy atom. The second kappa shape index (κ2) is 6.90. The van der Waals surface area contributed by atoms with Gasteiger partial charge in [-0.25, -0.2) is 4.98 Å². The fourth-order valence-electron chi connectivity index (χ4n) is 6.34. The average molecular weight is 471 g/mol. The highest BCUT2D eigenvalue weighted by Crippen LogP contribution is 2.57. The van der Waals surface area contributed by atoms with Gasteiger partial charge in [0.05, 0.1) is 28.6 Å². The van der Waals surface area contributed by atoms with Gasteiger partial charge in [0.25, 0.3) is 0 Å². The van der Waals surface area contributed by atoms with Gasteiger partial charge in [-0.1, -0.05) is 23.7 Å². The molecule has 3 saturated carbocycles. The molecule has 32 heavy (non-hydrogen) atoms. The van der Waals surface area contributed by atoms with Crippen molar-refractivity contribution in [2.24, 2.45) is 0 Å². The van der Waals surface area contributed by atoms with Crippen molar-refractivity contribution < 1.29 is 9.32 Å². The number of rotatable bonds is 5. The highest BCUT2D eigenvalue weighted by atomic mass is 35.5. The maximum atomic E-state index is 13.0. The van der Waals surface area contributed by atoms with Gasteiger partial charge in [0.1, 0.15) is 10.7 Å². The number of nitrogens with zero attached hydrogens (tertiary/aromatic N) is 3. The molecule has 8 rings (SSSR count). The van der Waals surface area contributed by atoms with Crippen LogP contribution < -0.4 is 10.2 Å². The number of hydrogen-bond donors (Lipinski definition) is 2. The summed E-state index contributed by atoms with van der Waals surface area (Å²) < 4.78 is 13.0. The van der Waals surface area contributed by atoms with Crippen molar-refractivity contribution in [3.8, 4) is 0 Å². The van der Waals surface area contributed by atoms with Gasteiger partial charge in [-0.05, 0) is 68.6 Å². The number of fused-ring (bicyclic) bond motifs is 5. The van der Waals surface area contributed by atoms with Crippen LogP contribution in [-0.2, 0) is 10.8 Å². The molecule has 8 heteroatoms. The molecule has 4 heterocycles. The molecule has 3 aliphatic carbocycles. The van der Waals surface area contributed by atoms with Crippen LogP contribution in [0.15, 0.2) is 29.2 Å². The van der Waals surface area contributed by atoms with E-state index in [-0.39, 0.29) is 17.4 Å². The predicted octanol–water partition coefficient (Wildman–Crippen LogP) is 3.96. The lowest BCUT2D eigenvalue weighted by Crippen LogP contribution is -2.61. The quantitative estimate of drug-likeness (QED) is 0.688. The Morgan fingerprint density at radius 3 is 2.53 bits per heavy atom. The zero-order valence-corrected chi connectivity index (χ0v) is 19.4.